The number of methoxy groups -OCH3 is 1. The van der Waals surface area contributed by atoms with Crippen molar-refractivity contribution in [1.29, 1.82) is 0 Å². The average molecular weight is 489 g/mol. The first kappa shape index (κ1) is 21.0. The minimum absolute atomic E-state index is 0.0301. The lowest BCUT2D eigenvalue weighted by Crippen LogP contribution is -2.53. The van der Waals surface area contributed by atoms with Gasteiger partial charge >= 0.3 is 0 Å². The maximum absolute atomic E-state index is 14.3. The van der Waals surface area contributed by atoms with Crippen molar-refractivity contribution in [3.8, 4) is 11.5 Å². The SMILES string of the molecule is CO[C@]12C(=O)Nc3nc(-c4nn(Cc5ccccc5F)c5ncc(F)cc45)nc(c31)NC(=O)C21CC1. The van der Waals surface area contributed by atoms with E-state index >= 15 is 0 Å². The number of ether oxygens (including phenoxy) is 1. The Morgan fingerprint density at radius 3 is 2.50 bits per heavy atom. The van der Waals surface area contributed by atoms with E-state index in [1.807, 2.05) is 0 Å². The minimum atomic E-state index is -1.52. The molecule has 3 aliphatic rings. The minimum Gasteiger partial charge on any atom is -0.362 e. The Kier molecular flexibility index (Phi) is 4.01. The number of carbonyl (C=O) groups is 2. The third-order valence-corrected chi connectivity index (χ3v) is 7.25. The van der Waals surface area contributed by atoms with E-state index < -0.39 is 28.6 Å². The molecule has 5 heterocycles. The predicted octanol–water partition coefficient (Wildman–Crippen LogP) is 2.74. The smallest absolute Gasteiger partial charge is 0.263 e. The van der Waals surface area contributed by atoms with Crippen molar-refractivity contribution in [1.82, 2.24) is 24.7 Å². The van der Waals surface area contributed by atoms with Crippen LogP contribution in [0.1, 0.15) is 24.0 Å². The molecular formula is C24H17F2N7O3. The van der Waals surface area contributed by atoms with Crippen LogP contribution in [0, 0.1) is 17.0 Å². The molecule has 3 aromatic heterocycles. The number of rotatable bonds is 4. The molecule has 36 heavy (non-hydrogen) atoms. The Morgan fingerprint density at radius 1 is 1.08 bits per heavy atom. The maximum atomic E-state index is 14.3. The predicted molar refractivity (Wildman–Crippen MR) is 122 cm³/mol. The third kappa shape index (κ3) is 2.51. The first-order valence-corrected chi connectivity index (χ1v) is 11.2. The van der Waals surface area contributed by atoms with Crippen LogP contribution in [0.25, 0.3) is 22.6 Å². The Hall–Kier alpha value is -4.32. The summed E-state index contributed by atoms with van der Waals surface area (Å²) in [4.78, 5) is 39.4. The first-order valence-electron chi connectivity index (χ1n) is 11.2. The van der Waals surface area contributed by atoms with Crippen molar-refractivity contribution in [2.24, 2.45) is 5.41 Å². The van der Waals surface area contributed by atoms with Crippen LogP contribution in [0.3, 0.4) is 0 Å². The van der Waals surface area contributed by atoms with Crippen LogP contribution in [0.2, 0.25) is 0 Å². The molecule has 10 nitrogen and oxygen atoms in total. The quantitative estimate of drug-likeness (QED) is 0.452. The van der Waals surface area contributed by atoms with E-state index in [9.17, 15) is 18.4 Å². The number of nitrogens with one attached hydrogen (secondary N) is 2. The van der Waals surface area contributed by atoms with Crippen molar-refractivity contribution < 1.29 is 23.1 Å². The van der Waals surface area contributed by atoms with Gasteiger partial charge in [0.1, 0.15) is 29.0 Å². The molecule has 2 N–H and O–H groups in total. The molecule has 2 aliphatic heterocycles. The fourth-order valence-electron chi connectivity index (χ4n) is 5.43. The number of halogens is 2. The van der Waals surface area contributed by atoms with Gasteiger partial charge in [0, 0.05) is 12.7 Å². The maximum Gasteiger partial charge on any atom is 0.263 e. The van der Waals surface area contributed by atoms with Crippen LogP contribution in [0.15, 0.2) is 36.5 Å². The van der Waals surface area contributed by atoms with Gasteiger partial charge in [-0.1, -0.05) is 18.2 Å². The summed E-state index contributed by atoms with van der Waals surface area (Å²) in [7, 11) is 1.39. The fourth-order valence-corrected chi connectivity index (χ4v) is 5.43. The van der Waals surface area contributed by atoms with Gasteiger partial charge in [-0.05, 0) is 25.0 Å². The second kappa shape index (κ2) is 6.88. The monoisotopic (exact) mass is 489 g/mol. The van der Waals surface area contributed by atoms with E-state index in [1.165, 1.54) is 23.9 Å². The number of pyridine rings is 1. The zero-order valence-electron chi connectivity index (χ0n) is 18.8. The Balaban J connectivity index is 1.42. The van der Waals surface area contributed by atoms with E-state index in [4.69, 9.17) is 4.74 Å². The highest BCUT2D eigenvalue weighted by atomic mass is 19.1. The third-order valence-electron chi connectivity index (χ3n) is 7.25. The number of amides is 2. The first-order chi connectivity index (χ1) is 17.4. The topological polar surface area (TPSA) is 124 Å². The van der Waals surface area contributed by atoms with Crippen molar-refractivity contribution in [2.45, 2.75) is 25.0 Å². The molecule has 2 amide bonds. The average Bonchev–Trinajstić information content (AvgIpc) is 3.51. The van der Waals surface area contributed by atoms with Gasteiger partial charge in [-0.3, -0.25) is 9.59 Å². The summed E-state index contributed by atoms with van der Waals surface area (Å²) in [6.07, 6.45) is 2.04. The molecule has 1 fully saturated rings. The molecule has 1 aliphatic carbocycles. The van der Waals surface area contributed by atoms with E-state index in [-0.39, 0.29) is 35.6 Å². The number of fused-ring (bicyclic) bond motifs is 2. The van der Waals surface area contributed by atoms with Crippen molar-refractivity contribution >= 4 is 34.5 Å². The molecule has 12 heteroatoms. The number of nitrogens with zero attached hydrogens (tertiary/aromatic N) is 5. The highest BCUT2D eigenvalue weighted by Crippen LogP contribution is 2.66. The van der Waals surface area contributed by atoms with Crippen molar-refractivity contribution in [3.63, 3.8) is 0 Å². The number of aromatic nitrogens is 5. The summed E-state index contributed by atoms with van der Waals surface area (Å²) < 4.78 is 35.7. The Morgan fingerprint density at radius 2 is 1.81 bits per heavy atom. The molecular weight excluding hydrogens is 472 g/mol. The molecule has 0 saturated heterocycles. The van der Waals surface area contributed by atoms with Crippen LogP contribution in [0.5, 0.6) is 0 Å². The highest BCUT2D eigenvalue weighted by molar-refractivity contribution is 6.16. The molecule has 1 aromatic carbocycles. The zero-order chi connectivity index (χ0) is 24.8. The van der Waals surface area contributed by atoms with Crippen molar-refractivity contribution in [2.75, 3.05) is 17.7 Å². The summed E-state index contributed by atoms with van der Waals surface area (Å²) >= 11 is 0. The molecule has 1 spiro atoms. The van der Waals surface area contributed by atoms with Gasteiger partial charge in [0.05, 0.1) is 29.1 Å². The summed E-state index contributed by atoms with van der Waals surface area (Å²) in [6.45, 7) is 0.0301. The van der Waals surface area contributed by atoms with Gasteiger partial charge in [0.15, 0.2) is 17.1 Å². The summed E-state index contributed by atoms with van der Waals surface area (Å²) in [5.41, 5.74) is -1.32. The van der Waals surface area contributed by atoms with E-state index in [0.29, 0.717) is 35.0 Å². The van der Waals surface area contributed by atoms with Gasteiger partial charge in [-0.25, -0.2) is 28.4 Å². The summed E-state index contributed by atoms with van der Waals surface area (Å²) in [6, 6.07) is 7.47. The van der Waals surface area contributed by atoms with Gasteiger partial charge in [0.2, 0.25) is 5.91 Å². The van der Waals surface area contributed by atoms with Crippen LogP contribution in [-0.2, 0) is 26.5 Å². The number of hydrogen-bond donors (Lipinski definition) is 2. The second-order valence-corrected chi connectivity index (χ2v) is 9.12. The number of hydrogen-bond acceptors (Lipinski definition) is 7. The van der Waals surface area contributed by atoms with E-state index in [2.05, 4.69) is 30.7 Å². The van der Waals surface area contributed by atoms with E-state index in [0.717, 1.165) is 6.20 Å². The second-order valence-electron chi connectivity index (χ2n) is 9.12. The lowest BCUT2D eigenvalue weighted by Gasteiger charge is -2.37. The number of carbonyl (C=O) groups excluding carboxylic acids is 2. The highest BCUT2D eigenvalue weighted by Gasteiger charge is 2.75. The van der Waals surface area contributed by atoms with Gasteiger partial charge < -0.3 is 15.4 Å². The van der Waals surface area contributed by atoms with Crippen LogP contribution in [0.4, 0.5) is 20.4 Å². The number of anilines is 2. The van der Waals surface area contributed by atoms with Gasteiger partial charge in [0.25, 0.3) is 5.91 Å². The molecule has 4 aromatic rings. The molecule has 1 saturated carbocycles. The van der Waals surface area contributed by atoms with Crippen LogP contribution < -0.4 is 10.6 Å². The molecule has 7 rings (SSSR count). The Bertz CT molecular complexity index is 1650. The summed E-state index contributed by atoms with van der Waals surface area (Å²) in [5, 5.41) is 10.3. The molecule has 0 unspecified atom stereocenters. The number of benzene rings is 1. The Labute approximate surface area is 201 Å². The summed E-state index contributed by atoms with van der Waals surface area (Å²) in [5.74, 6) is -1.51. The molecule has 0 radical (unpaired) electrons. The van der Waals surface area contributed by atoms with Crippen LogP contribution >= 0.6 is 0 Å². The van der Waals surface area contributed by atoms with Gasteiger partial charge in [-0.2, -0.15) is 5.10 Å². The zero-order valence-corrected chi connectivity index (χ0v) is 18.8. The normalized spacial score (nSPS) is 21.0. The molecule has 0 bridgehead atoms. The lowest BCUT2D eigenvalue weighted by atomic mass is 9.76. The molecule has 1 atom stereocenters. The largest absolute Gasteiger partial charge is 0.362 e. The van der Waals surface area contributed by atoms with E-state index in [1.54, 1.807) is 18.2 Å². The van der Waals surface area contributed by atoms with Crippen molar-refractivity contribution in [3.05, 3.63) is 59.3 Å². The molecule has 180 valence electrons. The van der Waals surface area contributed by atoms with Crippen LogP contribution in [-0.4, -0.2) is 43.7 Å². The fraction of sp³-hybridized carbons (Fsp3) is 0.250. The lowest BCUT2D eigenvalue weighted by molar-refractivity contribution is -0.156. The standard InChI is InChI=1S/C24H17F2N7O3/c1-36-24-15-17(30-21(34)23(24)6-7-23)28-19(29-18(15)31-22(24)35)16-13-8-12(25)9-27-20(13)33(32-16)10-11-4-2-3-5-14(11)26/h2-5,8-9H,6-7,10H2,1H3,(H2,28,29,30,31,34,35)/t24-/m0/s1. The van der Waals surface area contributed by atoms with Gasteiger partial charge in [-0.15, -0.1) is 0 Å².